The number of nitro benzene ring substituents is 1. The molecule has 1 rings (SSSR count). The van der Waals surface area contributed by atoms with E-state index in [-0.39, 0.29) is 17.7 Å². The fourth-order valence-electron chi connectivity index (χ4n) is 1.99. The molecule has 0 aliphatic rings. The summed E-state index contributed by atoms with van der Waals surface area (Å²) in [5.41, 5.74) is -1.07. The zero-order valence-electron chi connectivity index (χ0n) is 12.2. The van der Waals surface area contributed by atoms with E-state index in [1.807, 2.05) is 6.92 Å². The van der Waals surface area contributed by atoms with Crippen molar-refractivity contribution in [3.63, 3.8) is 0 Å². The maximum atomic E-state index is 12.1. The van der Waals surface area contributed by atoms with Gasteiger partial charge >= 0.3 is 5.97 Å². The molecule has 1 amide bonds. The van der Waals surface area contributed by atoms with Crippen LogP contribution >= 0.6 is 0 Å². The number of benzene rings is 1. The van der Waals surface area contributed by atoms with Crippen LogP contribution in [0.4, 0.5) is 5.69 Å². The van der Waals surface area contributed by atoms with Crippen LogP contribution in [0.1, 0.15) is 42.6 Å². The third kappa shape index (κ3) is 3.77. The van der Waals surface area contributed by atoms with Crippen molar-refractivity contribution in [2.24, 2.45) is 0 Å². The van der Waals surface area contributed by atoms with Crippen LogP contribution in [0, 0.1) is 17.0 Å². The molecule has 1 unspecified atom stereocenters. The highest BCUT2D eigenvalue weighted by atomic mass is 16.6. The Bertz CT molecular complexity index is 585. The minimum absolute atomic E-state index is 0.0656. The second-order valence-corrected chi connectivity index (χ2v) is 5.10. The van der Waals surface area contributed by atoms with E-state index in [2.05, 4.69) is 5.32 Å². The SMILES string of the molecule is CCCC(C)(NC(=O)c1ccc(C)c([N+](=O)[O-])c1)C(=O)O. The lowest BCUT2D eigenvalue weighted by atomic mass is 9.95. The zero-order valence-corrected chi connectivity index (χ0v) is 12.2. The van der Waals surface area contributed by atoms with Gasteiger partial charge in [0.05, 0.1) is 4.92 Å². The van der Waals surface area contributed by atoms with Gasteiger partial charge in [-0.15, -0.1) is 0 Å². The van der Waals surface area contributed by atoms with E-state index in [9.17, 15) is 24.8 Å². The van der Waals surface area contributed by atoms with Gasteiger partial charge in [-0.2, -0.15) is 0 Å². The molecule has 0 aromatic heterocycles. The Labute approximate surface area is 122 Å². The van der Waals surface area contributed by atoms with Gasteiger partial charge in [0.15, 0.2) is 0 Å². The van der Waals surface area contributed by atoms with Crippen molar-refractivity contribution < 1.29 is 19.6 Å². The summed E-state index contributed by atoms with van der Waals surface area (Å²) < 4.78 is 0. The number of aliphatic carboxylic acids is 1. The highest BCUT2D eigenvalue weighted by Crippen LogP contribution is 2.20. The molecule has 1 aromatic rings. The molecule has 7 nitrogen and oxygen atoms in total. The molecule has 0 saturated carbocycles. The van der Waals surface area contributed by atoms with E-state index < -0.39 is 22.3 Å². The fraction of sp³-hybridized carbons (Fsp3) is 0.429. The maximum Gasteiger partial charge on any atom is 0.329 e. The normalized spacial score (nSPS) is 13.3. The molecular weight excluding hydrogens is 276 g/mol. The summed E-state index contributed by atoms with van der Waals surface area (Å²) in [6.45, 7) is 4.79. The van der Waals surface area contributed by atoms with Crippen LogP contribution in [0.15, 0.2) is 18.2 Å². The number of carbonyl (C=O) groups excluding carboxylic acids is 1. The lowest BCUT2D eigenvalue weighted by Crippen LogP contribution is -2.52. The van der Waals surface area contributed by atoms with Gasteiger partial charge in [0.1, 0.15) is 5.54 Å². The molecule has 0 fully saturated rings. The fourth-order valence-corrected chi connectivity index (χ4v) is 1.99. The average molecular weight is 294 g/mol. The Hall–Kier alpha value is -2.44. The molecule has 2 N–H and O–H groups in total. The Morgan fingerprint density at radius 1 is 1.43 bits per heavy atom. The Morgan fingerprint density at radius 2 is 2.05 bits per heavy atom. The van der Waals surface area contributed by atoms with Crippen molar-refractivity contribution in [1.82, 2.24) is 5.32 Å². The molecule has 0 spiro atoms. The number of carbonyl (C=O) groups is 2. The van der Waals surface area contributed by atoms with Crippen molar-refractivity contribution in [3.8, 4) is 0 Å². The molecule has 7 heteroatoms. The Morgan fingerprint density at radius 3 is 2.52 bits per heavy atom. The lowest BCUT2D eigenvalue weighted by Gasteiger charge is -2.25. The minimum Gasteiger partial charge on any atom is -0.480 e. The number of nitrogens with zero attached hydrogens (tertiary/aromatic N) is 1. The van der Waals surface area contributed by atoms with Crippen molar-refractivity contribution in [2.45, 2.75) is 39.2 Å². The van der Waals surface area contributed by atoms with Crippen LogP contribution in [0.25, 0.3) is 0 Å². The van der Waals surface area contributed by atoms with Crippen molar-refractivity contribution in [3.05, 3.63) is 39.4 Å². The Kier molecular flexibility index (Phi) is 5.02. The van der Waals surface area contributed by atoms with Crippen LogP contribution in [0.3, 0.4) is 0 Å². The second-order valence-electron chi connectivity index (χ2n) is 5.10. The average Bonchev–Trinajstić information content (AvgIpc) is 2.38. The first-order valence-electron chi connectivity index (χ1n) is 6.52. The summed E-state index contributed by atoms with van der Waals surface area (Å²) in [4.78, 5) is 33.7. The molecule has 0 radical (unpaired) electrons. The summed E-state index contributed by atoms with van der Waals surface area (Å²) in [6, 6.07) is 4.05. The molecular formula is C14H18N2O5. The van der Waals surface area contributed by atoms with Gasteiger partial charge in [0.2, 0.25) is 0 Å². The zero-order chi connectivity index (χ0) is 16.2. The summed E-state index contributed by atoms with van der Waals surface area (Å²) in [5.74, 6) is -1.78. The van der Waals surface area contributed by atoms with Crippen molar-refractivity contribution in [2.75, 3.05) is 0 Å². The minimum atomic E-state index is -1.40. The molecule has 0 bridgehead atoms. The molecule has 1 aromatic carbocycles. The number of hydrogen-bond acceptors (Lipinski definition) is 4. The molecule has 0 aliphatic carbocycles. The molecule has 0 saturated heterocycles. The first-order valence-corrected chi connectivity index (χ1v) is 6.52. The van der Waals surface area contributed by atoms with Gasteiger partial charge in [-0.05, 0) is 26.3 Å². The largest absolute Gasteiger partial charge is 0.480 e. The van der Waals surface area contributed by atoms with Gasteiger partial charge in [0, 0.05) is 17.2 Å². The first kappa shape index (κ1) is 16.6. The van der Waals surface area contributed by atoms with Crippen LogP contribution in [0.5, 0.6) is 0 Å². The predicted molar refractivity (Wildman–Crippen MR) is 76.2 cm³/mol. The van der Waals surface area contributed by atoms with Gasteiger partial charge < -0.3 is 10.4 Å². The monoisotopic (exact) mass is 294 g/mol. The van der Waals surface area contributed by atoms with E-state index in [1.165, 1.54) is 19.1 Å². The second kappa shape index (κ2) is 6.34. The van der Waals surface area contributed by atoms with Gasteiger partial charge in [-0.3, -0.25) is 14.9 Å². The molecule has 114 valence electrons. The van der Waals surface area contributed by atoms with Crippen LogP contribution in [-0.2, 0) is 4.79 Å². The van der Waals surface area contributed by atoms with Gasteiger partial charge in [-0.25, -0.2) is 4.79 Å². The van der Waals surface area contributed by atoms with E-state index in [0.717, 1.165) is 6.07 Å². The van der Waals surface area contributed by atoms with Gasteiger partial charge in [0.25, 0.3) is 11.6 Å². The van der Waals surface area contributed by atoms with E-state index >= 15 is 0 Å². The van der Waals surface area contributed by atoms with Crippen LogP contribution < -0.4 is 5.32 Å². The summed E-state index contributed by atoms with van der Waals surface area (Å²) in [6.07, 6.45) is 0.846. The third-order valence-corrected chi connectivity index (χ3v) is 3.28. The standard InChI is InChI=1S/C14H18N2O5/c1-4-7-14(3,13(18)19)15-12(17)10-6-5-9(2)11(8-10)16(20)21/h5-6,8H,4,7H2,1-3H3,(H,15,17)(H,18,19). The number of nitro groups is 1. The highest BCUT2D eigenvalue weighted by Gasteiger charge is 2.34. The smallest absolute Gasteiger partial charge is 0.329 e. The molecule has 21 heavy (non-hydrogen) atoms. The first-order chi connectivity index (χ1) is 9.71. The van der Waals surface area contributed by atoms with Crippen molar-refractivity contribution in [1.29, 1.82) is 0 Å². The van der Waals surface area contributed by atoms with E-state index in [1.54, 1.807) is 6.92 Å². The van der Waals surface area contributed by atoms with E-state index in [4.69, 9.17) is 0 Å². The third-order valence-electron chi connectivity index (χ3n) is 3.28. The maximum absolute atomic E-state index is 12.1. The molecule has 0 aliphatic heterocycles. The summed E-state index contributed by atoms with van der Waals surface area (Å²) >= 11 is 0. The van der Waals surface area contributed by atoms with Crippen molar-refractivity contribution >= 4 is 17.6 Å². The number of carboxylic acids is 1. The van der Waals surface area contributed by atoms with Gasteiger partial charge in [-0.1, -0.05) is 19.4 Å². The van der Waals surface area contributed by atoms with Crippen LogP contribution in [-0.4, -0.2) is 27.4 Å². The number of carboxylic acid groups (broad SMARTS) is 1. The number of amides is 1. The Balaban J connectivity index is 3.06. The topological polar surface area (TPSA) is 110 Å². The predicted octanol–water partition coefficient (Wildman–Crippen LogP) is 2.28. The van der Waals surface area contributed by atoms with Crippen LogP contribution in [0.2, 0.25) is 0 Å². The summed E-state index contributed by atoms with van der Waals surface area (Å²) in [7, 11) is 0. The highest BCUT2D eigenvalue weighted by molar-refractivity contribution is 5.98. The summed E-state index contributed by atoms with van der Waals surface area (Å²) in [5, 5.41) is 22.5. The molecule has 0 heterocycles. The number of rotatable bonds is 6. The van der Waals surface area contributed by atoms with E-state index in [0.29, 0.717) is 12.0 Å². The number of hydrogen-bond donors (Lipinski definition) is 2. The molecule has 1 atom stereocenters. The quantitative estimate of drug-likeness (QED) is 0.617. The lowest BCUT2D eigenvalue weighted by molar-refractivity contribution is -0.385. The number of aryl methyl sites for hydroxylation is 1. The number of nitrogens with one attached hydrogen (secondary N) is 1.